The Morgan fingerprint density at radius 1 is 1.58 bits per heavy atom. The van der Waals surface area contributed by atoms with E-state index in [9.17, 15) is 8.78 Å². The molecule has 1 fully saturated rings. The van der Waals surface area contributed by atoms with Crippen LogP contribution in [0.1, 0.15) is 12.8 Å². The van der Waals surface area contributed by atoms with Gasteiger partial charge in [-0.2, -0.15) is 0 Å². The maximum atomic E-state index is 12.2. The number of hydrogen-bond donors (Lipinski definition) is 2. The van der Waals surface area contributed by atoms with Crippen molar-refractivity contribution in [2.45, 2.75) is 19.3 Å². The molecular weight excluding hydrogens is 164 g/mol. The smallest absolute Gasteiger partial charge is 0.243 e. The van der Waals surface area contributed by atoms with Crippen LogP contribution in [0.4, 0.5) is 8.78 Å². The van der Waals surface area contributed by atoms with Crippen molar-refractivity contribution in [2.75, 3.05) is 13.1 Å². The molecule has 3 N–H and O–H groups in total. The van der Waals surface area contributed by atoms with E-state index in [4.69, 9.17) is 11.1 Å². The summed E-state index contributed by atoms with van der Waals surface area (Å²) in [5.74, 6) is -0.706. The van der Waals surface area contributed by atoms with Gasteiger partial charge in [0.1, 0.15) is 0 Å². The largest absolute Gasteiger partial charge is 0.370 e. The van der Waals surface area contributed by atoms with Gasteiger partial charge in [0.25, 0.3) is 0 Å². The van der Waals surface area contributed by atoms with Gasteiger partial charge in [-0.1, -0.05) is 0 Å². The van der Waals surface area contributed by atoms with E-state index in [0.29, 0.717) is 19.4 Å². The first-order chi connectivity index (χ1) is 5.61. The molecule has 0 radical (unpaired) electrons. The summed E-state index contributed by atoms with van der Waals surface area (Å²) >= 11 is 0. The average Bonchev–Trinajstić information content (AvgIpc) is 2.04. The highest BCUT2D eigenvalue weighted by atomic mass is 19.3. The fraction of sp³-hybridized carbons (Fsp3) is 0.857. The van der Waals surface area contributed by atoms with Gasteiger partial charge < -0.3 is 10.6 Å². The van der Waals surface area contributed by atoms with Crippen LogP contribution in [-0.4, -0.2) is 30.4 Å². The molecule has 12 heavy (non-hydrogen) atoms. The number of likely N-dealkylation sites (tertiary alicyclic amines) is 1. The summed E-state index contributed by atoms with van der Waals surface area (Å²) in [6.07, 6.45) is -1.04. The van der Waals surface area contributed by atoms with E-state index in [1.54, 1.807) is 0 Å². The summed E-state index contributed by atoms with van der Waals surface area (Å²) in [4.78, 5) is 1.50. The zero-order valence-corrected chi connectivity index (χ0v) is 6.76. The number of piperidine rings is 1. The number of nitrogens with two attached hydrogens (primary N) is 1. The van der Waals surface area contributed by atoms with Gasteiger partial charge in [-0.05, 0) is 12.8 Å². The highest BCUT2D eigenvalue weighted by Crippen LogP contribution is 2.21. The number of hydrogen-bond acceptors (Lipinski definition) is 1. The van der Waals surface area contributed by atoms with Crippen molar-refractivity contribution in [1.29, 1.82) is 5.41 Å². The summed E-state index contributed by atoms with van der Waals surface area (Å²) < 4.78 is 24.4. The average molecular weight is 177 g/mol. The lowest BCUT2D eigenvalue weighted by molar-refractivity contribution is 0.0441. The molecule has 1 aliphatic rings. The third-order valence-electron chi connectivity index (χ3n) is 2.15. The Bertz CT molecular complexity index is 172. The van der Waals surface area contributed by atoms with Crippen LogP contribution in [-0.2, 0) is 0 Å². The zero-order chi connectivity index (χ0) is 9.14. The maximum Gasteiger partial charge on any atom is 0.243 e. The number of nitrogens with one attached hydrogen (secondary N) is 1. The highest BCUT2D eigenvalue weighted by molar-refractivity contribution is 5.74. The lowest BCUT2D eigenvalue weighted by Gasteiger charge is -2.32. The minimum atomic E-state index is -2.29. The second kappa shape index (κ2) is 3.69. The van der Waals surface area contributed by atoms with Gasteiger partial charge in [-0.15, -0.1) is 0 Å². The minimum absolute atomic E-state index is 0.0969. The monoisotopic (exact) mass is 177 g/mol. The van der Waals surface area contributed by atoms with Crippen LogP contribution in [0.25, 0.3) is 0 Å². The van der Waals surface area contributed by atoms with E-state index >= 15 is 0 Å². The molecule has 0 aromatic carbocycles. The van der Waals surface area contributed by atoms with Crippen molar-refractivity contribution in [3.8, 4) is 0 Å². The SMILES string of the molecule is N=C(N)N1CCC[C@@H](C(F)F)C1. The molecule has 0 amide bonds. The Balaban J connectivity index is 2.46. The van der Waals surface area contributed by atoms with Crippen LogP contribution in [0.15, 0.2) is 0 Å². The summed E-state index contributed by atoms with van der Waals surface area (Å²) in [6, 6.07) is 0. The molecule has 3 nitrogen and oxygen atoms in total. The minimum Gasteiger partial charge on any atom is -0.370 e. The van der Waals surface area contributed by atoms with E-state index in [2.05, 4.69) is 0 Å². The van der Waals surface area contributed by atoms with Gasteiger partial charge in [-0.25, -0.2) is 8.78 Å². The third-order valence-corrected chi connectivity index (χ3v) is 2.15. The van der Waals surface area contributed by atoms with Gasteiger partial charge in [0.15, 0.2) is 5.96 Å². The zero-order valence-electron chi connectivity index (χ0n) is 6.76. The van der Waals surface area contributed by atoms with E-state index in [-0.39, 0.29) is 12.5 Å². The second-order valence-corrected chi connectivity index (χ2v) is 3.07. The molecule has 0 saturated carbocycles. The molecule has 1 rings (SSSR count). The van der Waals surface area contributed by atoms with Gasteiger partial charge in [0.05, 0.1) is 0 Å². The Labute approximate surface area is 70.0 Å². The lowest BCUT2D eigenvalue weighted by atomic mass is 9.99. The first-order valence-corrected chi connectivity index (χ1v) is 3.98. The van der Waals surface area contributed by atoms with E-state index in [1.165, 1.54) is 4.90 Å². The quantitative estimate of drug-likeness (QED) is 0.461. The number of nitrogens with zero attached hydrogens (tertiary/aromatic N) is 1. The molecule has 1 aliphatic heterocycles. The molecule has 0 unspecified atom stereocenters. The number of rotatable bonds is 1. The Hall–Kier alpha value is -0.870. The van der Waals surface area contributed by atoms with Crippen molar-refractivity contribution >= 4 is 5.96 Å². The Kier molecular flexibility index (Phi) is 2.83. The van der Waals surface area contributed by atoms with Gasteiger partial charge in [-0.3, -0.25) is 5.41 Å². The number of halogens is 2. The Morgan fingerprint density at radius 3 is 2.75 bits per heavy atom. The fourth-order valence-corrected chi connectivity index (χ4v) is 1.43. The van der Waals surface area contributed by atoms with Gasteiger partial charge in [0.2, 0.25) is 6.43 Å². The number of guanidine groups is 1. The molecule has 1 heterocycles. The lowest BCUT2D eigenvalue weighted by Crippen LogP contribution is -2.45. The van der Waals surface area contributed by atoms with E-state index in [1.807, 2.05) is 0 Å². The van der Waals surface area contributed by atoms with Crippen molar-refractivity contribution < 1.29 is 8.78 Å². The van der Waals surface area contributed by atoms with Crippen LogP contribution < -0.4 is 5.73 Å². The van der Waals surface area contributed by atoms with Crippen LogP contribution in [0.2, 0.25) is 0 Å². The first kappa shape index (κ1) is 9.22. The first-order valence-electron chi connectivity index (χ1n) is 3.98. The molecule has 1 saturated heterocycles. The van der Waals surface area contributed by atoms with Gasteiger partial charge in [0, 0.05) is 19.0 Å². The van der Waals surface area contributed by atoms with E-state index in [0.717, 1.165) is 0 Å². The summed E-state index contributed by atoms with van der Waals surface area (Å²) in [5, 5.41) is 7.08. The predicted molar refractivity (Wildman–Crippen MR) is 42.2 cm³/mol. The fourth-order valence-electron chi connectivity index (χ4n) is 1.43. The standard InChI is InChI=1S/C7H13F2N3/c8-6(9)5-2-1-3-12(4-5)7(10)11/h5-6H,1-4H2,(H3,10,11)/t5-/m1/s1. The van der Waals surface area contributed by atoms with Crippen molar-refractivity contribution in [2.24, 2.45) is 11.7 Å². The molecule has 1 atom stereocenters. The van der Waals surface area contributed by atoms with Crippen LogP contribution >= 0.6 is 0 Å². The summed E-state index contributed by atoms with van der Waals surface area (Å²) in [7, 11) is 0. The molecular formula is C7H13F2N3. The van der Waals surface area contributed by atoms with Crippen molar-refractivity contribution in [3.05, 3.63) is 0 Å². The van der Waals surface area contributed by atoms with Crippen LogP contribution in [0.3, 0.4) is 0 Å². The molecule has 0 bridgehead atoms. The molecule has 0 aromatic heterocycles. The molecule has 0 aromatic rings. The molecule has 5 heteroatoms. The summed E-state index contributed by atoms with van der Waals surface area (Å²) in [6.45, 7) is 0.867. The topological polar surface area (TPSA) is 53.1 Å². The van der Waals surface area contributed by atoms with Gasteiger partial charge >= 0.3 is 0 Å². The van der Waals surface area contributed by atoms with Crippen LogP contribution in [0, 0.1) is 11.3 Å². The number of alkyl halides is 2. The molecule has 0 spiro atoms. The van der Waals surface area contributed by atoms with Crippen molar-refractivity contribution in [1.82, 2.24) is 4.90 Å². The second-order valence-electron chi connectivity index (χ2n) is 3.07. The van der Waals surface area contributed by atoms with E-state index < -0.39 is 12.3 Å². The molecule has 0 aliphatic carbocycles. The maximum absolute atomic E-state index is 12.2. The predicted octanol–water partition coefficient (Wildman–Crippen LogP) is 0.857. The highest BCUT2D eigenvalue weighted by Gasteiger charge is 2.27. The molecule has 70 valence electrons. The normalized spacial score (nSPS) is 24.6. The summed E-state index contributed by atoms with van der Waals surface area (Å²) in [5.41, 5.74) is 5.19. The third kappa shape index (κ3) is 2.06. The van der Waals surface area contributed by atoms with Crippen LogP contribution in [0.5, 0.6) is 0 Å². The van der Waals surface area contributed by atoms with Crippen molar-refractivity contribution in [3.63, 3.8) is 0 Å². The Morgan fingerprint density at radius 2 is 2.25 bits per heavy atom.